The van der Waals surface area contributed by atoms with Gasteiger partial charge in [0.25, 0.3) is 0 Å². The first-order valence-corrected chi connectivity index (χ1v) is 11.8. The van der Waals surface area contributed by atoms with Gasteiger partial charge in [0.05, 0.1) is 17.3 Å². The van der Waals surface area contributed by atoms with Crippen molar-refractivity contribution in [2.24, 2.45) is 0 Å². The van der Waals surface area contributed by atoms with Crippen LogP contribution in [0, 0.1) is 0 Å². The van der Waals surface area contributed by atoms with E-state index in [1.807, 2.05) is 34.9 Å². The number of para-hydroxylation sites is 1. The molecule has 1 atom stereocenters. The standard InChI is InChI=1S/C18H22N4O3S2/c1-21(15-9-10-27(24,25)12-15)16(23)11-26-18-20-19-17(13-7-8-13)22(18)14-5-3-2-4-6-14/h2-6,13,15H,7-12H2,1H3/t15-/m1/s1. The second-order valence-electron chi connectivity index (χ2n) is 7.14. The van der Waals surface area contributed by atoms with Crippen molar-refractivity contribution in [1.82, 2.24) is 19.7 Å². The molecule has 1 saturated carbocycles. The van der Waals surface area contributed by atoms with Gasteiger partial charge in [-0.3, -0.25) is 9.36 Å². The number of sulfone groups is 1. The zero-order valence-corrected chi connectivity index (χ0v) is 16.7. The summed E-state index contributed by atoms with van der Waals surface area (Å²) in [5.41, 5.74) is 0.995. The fourth-order valence-electron chi connectivity index (χ4n) is 3.31. The number of thioether (sulfide) groups is 1. The van der Waals surface area contributed by atoms with Gasteiger partial charge in [-0.25, -0.2) is 8.42 Å². The number of carbonyl (C=O) groups is 1. The zero-order chi connectivity index (χ0) is 19.0. The smallest absolute Gasteiger partial charge is 0.233 e. The molecule has 0 radical (unpaired) electrons. The van der Waals surface area contributed by atoms with E-state index in [4.69, 9.17) is 0 Å². The highest BCUT2D eigenvalue weighted by molar-refractivity contribution is 7.99. The Morgan fingerprint density at radius 2 is 1.96 bits per heavy atom. The highest BCUT2D eigenvalue weighted by Gasteiger charge is 2.33. The Morgan fingerprint density at radius 1 is 1.22 bits per heavy atom. The van der Waals surface area contributed by atoms with E-state index in [2.05, 4.69) is 10.2 Å². The van der Waals surface area contributed by atoms with Crippen molar-refractivity contribution < 1.29 is 13.2 Å². The monoisotopic (exact) mass is 406 g/mol. The molecule has 27 heavy (non-hydrogen) atoms. The summed E-state index contributed by atoms with van der Waals surface area (Å²) in [6, 6.07) is 9.70. The van der Waals surface area contributed by atoms with E-state index in [1.54, 1.807) is 11.9 Å². The van der Waals surface area contributed by atoms with Crippen LogP contribution in [0.3, 0.4) is 0 Å². The Hall–Kier alpha value is -1.87. The molecule has 1 amide bonds. The minimum atomic E-state index is -3.01. The van der Waals surface area contributed by atoms with E-state index in [9.17, 15) is 13.2 Å². The quantitative estimate of drug-likeness (QED) is 0.681. The maximum Gasteiger partial charge on any atom is 0.233 e. The van der Waals surface area contributed by atoms with Gasteiger partial charge in [-0.2, -0.15) is 0 Å². The highest BCUT2D eigenvalue weighted by Crippen LogP contribution is 2.41. The van der Waals surface area contributed by atoms with Gasteiger partial charge < -0.3 is 4.90 Å². The van der Waals surface area contributed by atoms with Gasteiger partial charge in [-0.05, 0) is 31.4 Å². The molecule has 0 unspecified atom stereocenters. The van der Waals surface area contributed by atoms with Gasteiger partial charge in [0.15, 0.2) is 15.0 Å². The minimum Gasteiger partial charge on any atom is -0.341 e. The molecule has 1 aliphatic heterocycles. The van der Waals surface area contributed by atoms with Crippen molar-refractivity contribution in [1.29, 1.82) is 0 Å². The third-order valence-electron chi connectivity index (χ3n) is 5.09. The number of amides is 1. The van der Waals surface area contributed by atoms with E-state index < -0.39 is 9.84 Å². The molecule has 2 fully saturated rings. The van der Waals surface area contributed by atoms with E-state index in [1.165, 1.54) is 11.8 Å². The summed E-state index contributed by atoms with van der Waals surface area (Å²) in [4.78, 5) is 14.1. The molecule has 144 valence electrons. The summed E-state index contributed by atoms with van der Waals surface area (Å²) in [5, 5.41) is 9.37. The Kier molecular flexibility index (Phi) is 4.98. The predicted octanol–water partition coefficient (Wildman–Crippen LogP) is 1.88. The van der Waals surface area contributed by atoms with Crippen molar-refractivity contribution >= 4 is 27.5 Å². The molecule has 0 bridgehead atoms. The number of carbonyl (C=O) groups excluding carboxylic acids is 1. The van der Waals surface area contributed by atoms with Crippen LogP contribution in [-0.4, -0.2) is 64.3 Å². The zero-order valence-electron chi connectivity index (χ0n) is 15.1. The van der Waals surface area contributed by atoms with Crippen LogP contribution < -0.4 is 0 Å². The summed E-state index contributed by atoms with van der Waals surface area (Å²) >= 11 is 1.35. The molecular formula is C18H22N4O3S2. The molecule has 1 aromatic carbocycles. The second-order valence-corrected chi connectivity index (χ2v) is 10.3. The maximum absolute atomic E-state index is 12.6. The van der Waals surface area contributed by atoms with Gasteiger partial charge in [0.2, 0.25) is 5.91 Å². The largest absolute Gasteiger partial charge is 0.341 e. The predicted molar refractivity (Wildman–Crippen MR) is 104 cm³/mol. The third-order valence-corrected chi connectivity index (χ3v) is 7.75. The summed E-state index contributed by atoms with van der Waals surface area (Å²) in [5.74, 6) is 1.74. The normalized spacial score (nSPS) is 21.3. The first kappa shape index (κ1) is 18.5. The molecule has 9 heteroatoms. The summed E-state index contributed by atoms with van der Waals surface area (Å²) in [6.45, 7) is 0. The van der Waals surface area contributed by atoms with Crippen LogP contribution in [-0.2, 0) is 14.6 Å². The van der Waals surface area contributed by atoms with Crippen LogP contribution in [0.2, 0.25) is 0 Å². The lowest BCUT2D eigenvalue weighted by atomic mass is 10.2. The van der Waals surface area contributed by atoms with E-state index >= 15 is 0 Å². The third kappa shape index (κ3) is 4.03. The Morgan fingerprint density at radius 3 is 2.59 bits per heavy atom. The van der Waals surface area contributed by atoms with Crippen LogP contribution in [0.1, 0.15) is 31.0 Å². The average Bonchev–Trinajstić information content (AvgIpc) is 3.32. The molecule has 2 aliphatic rings. The molecular weight excluding hydrogens is 384 g/mol. The molecule has 0 spiro atoms. The second kappa shape index (κ2) is 7.27. The first-order valence-electron chi connectivity index (χ1n) is 9.04. The lowest BCUT2D eigenvalue weighted by molar-refractivity contribution is -0.128. The van der Waals surface area contributed by atoms with Crippen LogP contribution in [0.4, 0.5) is 0 Å². The van der Waals surface area contributed by atoms with Gasteiger partial charge in [-0.15, -0.1) is 10.2 Å². The molecule has 1 saturated heterocycles. The summed E-state index contributed by atoms with van der Waals surface area (Å²) < 4.78 is 25.4. The first-order chi connectivity index (χ1) is 12.9. The van der Waals surface area contributed by atoms with Crippen molar-refractivity contribution in [2.75, 3.05) is 24.3 Å². The van der Waals surface area contributed by atoms with Crippen molar-refractivity contribution in [2.45, 2.75) is 36.4 Å². The van der Waals surface area contributed by atoms with Crippen LogP contribution in [0.25, 0.3) is 5.69 Å². The lowest BCUT2D eigenvalue weighted by Gasteiger charge is -2.23. The minimum absolute atomic E-state index is 0.0614. The Labute approximate surface area is 163 Å². The van der Waals surface area contributed by atoms with Crippen molar-refractivity contribution in [3.8, 4) is 5.69 Å². The number of hydrogen-bond donors (Lipinski definition) is 0. The number of nitrogens with zero attached hydrogens (tertiary/aromatic N) is 4. The fourth-order valence-corrected chi connectivity index (χ4v) is 5.97. The number of benzene rings is 1. The van der Waals surface area contributed by atoms with Gasteiger partial charge >= 0.3 is 0 Å². The van der Waals surface area contributed by atoms with Gasteiger partial charge in [0, 0.05) is 24.7 Å². The fraction of sp³-hybridized carbons (Fsp3) is 0.500. The average molecular weight is 407 g/mol. The van der Waals surface area contributed by atoms with E-state index in [-0.39, 0.29) is 29.2 Å². The van der Waals surface area contributed by atoms with Crippen LogP contribution in [0.5, 0.6) is 0 Å². The molecule has 0 N–H and O–H groups in total. The van der Waals surface area contributed by atoms with Crippen LogP contribution in [0.15, 0.2) is 35.5 Å². The van der Waals surface area contributed by atoms with Crippen molar-refractivity contribution in [3.63, 3.8) is 0 Å². The van der Waals surface area contributed by atoms with E-state index in [0.717, 1.165) is 24.4 Å². The summed E-state index contributed by atoms with van der Waals surface area (Å²) in [6.07, 6.45) is 2.75. The van der Waals surface area contributed by atoms with E-state index in [0.29, 0.717) is 17.5 Å². The van der Waals surface area contributed by atoms with Gasteiger partial charge in [0.1, 0.15) is 5.82 Å². The molecule has 1 aliphatic carbocycles. The van der Waals surface area contributed by atoms with Crippen LogP contribution >= 0.6 is 11.8 Å². The number of hydrogen-bond acceptors (Lipinski definition) is 6. The number of rotatable bonds is 6. The SMILES string of the molecule is CN(C(=O)CSc1nnc(C2CC2)n1-c1ccccc1)[C@@H]1CCS(=O)(=O)C1. The van der Waals surface area contributed by atoms with Crippen molar-refractivity contribution in [3.05, 3.63) is 36.2 Å². The molecule has 2 heterocycles. The maximum atomic E-state index is 12.6. The molecule has 2 aromatic rings. The number of aromatic nitrogens is 3. The molecule has 7 nitrogen and oxygen atoms in total. The van der Waals surface area contributed by atoms with Gasteiger partial charge in [-0.1, -0.05) is 30.0 Å². The molecule has 1 aromatic heterocycles. The molecule has 4 rings (SSSR count). The Balaban J connectivity index is 1.48. The Bertz CT molecular complexity index is 939. The highest BCUT2D eigenvalue weighted by atomic mass is 32.2. The topological polar surface area (TPSA) is 85.2 Å². The lowest BCUT2D eigenvalue weighted by Crippen LogP contribution is -2.38. The summed E-state index contributed by atoms with van der Waals surface area (Å²) in [7, 11) is -1.32.